The van der Waals surface area contributed by atoms with E-state index in [4.69, 9.17) is 12.2 Å². The molecule has 0 spiro atoms. The van der Waals surface area contributed by atoms with Crippen molar-refractivity contribution in [3.63, 3.8) is 0 Å². The first-order valence-corrected chi connectivity index (χ1v) is 9.34. The van der Waals surface area contributed by atoms with Crippen LogP contribution >= 0.6 is 23.6 Å². The molecule has 1 heterocycles. The first kappa shape index (κ1) is 16.9. The molecule has 6 heteroatoms. The molecule has 3 rings (SSSR count). The number of aryl methyl sites for hydroxylation is 1. The highest BCUT2D eigenvalue weighted by Crippen LogP contribution is 2.32. The number of hydrogen-bond donors (Lipinski definition) is 3. The van der Waals surface area contributed by atoms with Crippen molar-refractivity contribution in [3.8, 4) is 0 Å². The quantitative estimate of drug-likeness (QED) is 0.582. The smallest absolute Gasteiger partial charge is 0.279 e. The summed E-state index contributed by atoms with van der Waals surface area (Å²) in [6.45, 7) is 2.88. The maximum absolute atomic E-state index is 12.3. The first-order chi connectivity index (χ1) is 11.6. The van der Waals surface area contributed by atoms with Gasteiger partial charge in [-0.2, -0.15) is 0 Å². The molecule has 0 fully saturated rings. The van der Waals surface area contributed by atoms with Gasteiger partial charge < -0.3 is 5.32 Å². The molecule has 3 N–H and O–H groups in total. The van der Waals surface area contributed by atoms with Crippen molar-refractivity contribution >= 4 is 34.6 Å². The van der Waals surface area contributed by atoms with Gasteiger partial charge in [0.1, 0.15) is 0 Å². The number of benzene rings is 1. The summed E-state index contributed by atoms with van der Waals surface area (Å²) >= 11 is 6.78. The average Bonchev–Trinajstić information content (AvgIpc) is 3.02. The molecule has 0 bridgehead atoms. The number of carbonyl (C=O) groups is 1. The van der Waals surface area contributed by atoms with Crippen LogP contribution in [0.4, 0.5) is 0 Å². The Morgan fingerprint density at radius 1 is 1.29 bits per heavy atom. The van der Waals surface area contributed by atoms with Gasteiger partial charge in [-0.25, -0.2) is 0 Å². The van der Waals surface area contributed by atoms with E-state index in [9.17, 15) is 4.79 Å². The Balaban J connectivity index is 1.48. The number of fused-ring (bicyclic) bond motifs is 1. The van der Waals surface area contributed by atoms with E-state index in [0.29, 0.717) is 17.6 Å². The Morgan fingerprint density at radius 3 is 2.88 bits per heavy atom. The second-order valence-electron chi connectivity index (χ2n) is 6.15. The third kappa shape index (κ3) is 4.33. The van der Waals surface area contributed by atoms with Crippen molar-refractivity contribution in [1.29, 1.82) is 0 Å². The van der Waals surface area contributed by atoms with E-state index in [0.717, 1.165) is 23.3 Å². The van der Waals surface area contributed by atoms with E-state index in [2.05, 4.69) is 23.1 Å². The van der Waals surface area contributed by atoms with E-state index < -0.39 is 0 Å². The van der Waals surface area contributed by atoms with Crippen molar-refractivity contribution in [2.24, 2.45) is 5.92 Å². The standard InChI is InChI=1S/C18H21N3OS2/c1-12-7-8-15-14(9-12)10-16(24-15)17(22)20-21-18(23)19-11-13-5-3-2-4-6-13/h2-6,10,12H,7-9,11H2,1H3,(H,20,22)(H2,19,21,23). The maximum atomic E-state index is 12.3. The summed E-state index contributed by atoms with van der Waals surface area (Å²) in [7, 11) is 0. The third-order valence-corrected chi connectivity index (χ3v) is 5.62. The number of thiocarbonyl (C=S) groups is 1. The Hall–Kier alpha value is -1.92. The van der Waals surface area contributed by atoms with Crippen LogP contribution in [0.2, 0.25) is 0 Å². The predicted octanol–water partition coefficient (Wildman–Crippen LogP) is 3.18. The first-order valence-electron chi connectivity index (χ1n) is 8.11. The molecule has 1 atom stereocenters. The lowest BCUT2D eigenvalue weighted by Crippen LogP contribution is -2.46. The molecule has 1 amide bonds. The van der Waals surface area contributed by atoms with E-state index in [1.165, 1.54) is 16.9 Å². The molecule has 0 radical (unpaired) electrons. The van der Waals surface area contributed by atoms with Gasteiger partial charge in [-0.15, -0.1) is 11.3 Å². The van der Waals surface area contributed by atoms with Crippen LogP contribution in [0.1, 0.15) is 39.0 Å². The molecule has 1 aromatic heterocycles. The molecule has 4 nitrogen and oxygen atoms in total. The van der Waals surface area contributed by atoms with Gasteiger partial charge in [0.15, 0.2) is 5.11 Å². The maximum Gasteiger partial charge on any atom is 0.279 e. The Labute approximate surface area is 151 Å². The van der Waals surface area contributed by atoms with Crippen molar-refractivity contribution in [2.75, 3.05) is 0 Å². The van der Waals surface area contributed by atoms with Crippen LogP contribution in [0.5, 0.6) is 0 Å². The van der Waals surface area contributed by atoms with Crippen LogP contribution in [0.15, 0.2) is 36.4 Å². The molecule has 126 valence electrons. The number of amides is 1. The zero-order valence-electron chi connectivity index (χ0n) is 13.6. The average molecular weight is 360 g/mol. The minimum absolute atomic E-state index is 0.133. The lowest BCUT2D eigenvalue weighted by molar-refractivity contribution is 0.0947. The molecule has 1 aliphatic carbocycles. The topological polar surface area (TPSA) is 53.2 Å². The molecule has 1 aliphatic rings. The fraction of sp³-hybridized carbons (Fsp3) is 0.333. The van der Waals surface area contributed by atoms with Gasteiger partial charge in [0, 0.05) is 11.4 Å². The van der Waals surface area contributed by atoms with Gasteiger partial charge in [0.2, 0.25) is 0 Å². The van der Waals surface area contributed by atoms with E-state index in [-0.39, 0.29) is 5.91 Å². The fourth-order valence-corrected chi connectivity index (χ4v) is 4.04. The van der Waals surface area contributed by atoms with Crippen LogP contribution < -0.4 is 16.2 Å². The molecule has 24 heavy (non-hydrogen) atoms. The molecule has 1 aromatic carbocycles. The van der Waals surface area contributed by atoms with Crippen molar-refractivity contribution in [2.45, 2.75) is 32.7 Å². The van der Waals surface area contributed by atoms with Gasteiger partial charge >= 0.3 is 0 Å². The molecular formula is C18H21N3OS2. The van der Waals surface area contributed by atoms with Gasteiger partial charge in [0.25, 0.3) is 5.91 Å². The van der Waals surface area contributed by atoms with Crippen LogP contribution in [-0.2, 0) is 19.4 Å². The van der Waals surface area contributed by atoms with Crippen LogP contribution in [0, 0.1) is 5.92 Å². The molecule has 0 saturated heterocycles. The van der Waals surface area contributed by atoms with Gasteiger partial charge in [-0.1, -0.05) is 37.3 Å². The lowest BCUT2D eigenvalue weighted by atomic mass is 9.90. The Kier molecular flexibility index (Phi) is 5.48. The number of rotatable bonds is 3. The van der Waals surface area contributed by atoms with E-state index >= 15 is 0 Å². The monoisotopic (exact) mass is 359 g/mol. The second kappa shape index (κ2) is 7.77. The largest absolute Gasteiger partial charge is 0.357 e. The number of hydrogen-bond acceptors (Lipinski definition) is 3. The highest BCUT2D eigenvalue weighted by molar-refractivity contribution is 7.80. The summed E-state index contributed by atoms with van der Waals surface area (Å²) in [6.07, 6.45) is 3.36. The molecule has 1 unspecified atom stereocenters. The Morgan fingerprint density at radius 2 is 2.08 bits per heavy atom. The summed E-state index contributed by atoms with van der Waals surface area (Å²) < 4.78 is 0. The summed E-state index contributed by atoms with van der Waals surface area (Å²) in [5.74, 6) is 0.571. The van der Waals surface area contributed by atoms with Crippen molar-refractivity contribution in [1.82, 2.24) is 16.2 Å². The number of nitrogens with one attached hydrogen (secondary N) is 3. The van der Waals surface area contributed by atoms with Crippen LogP contribution in [0.3, 0.4) is 0 Å². The zero-order valence-corrected chi connectivity index (χ0v) is 15.2. The van der Waals surface area contributed by atoms with Crippen molar-refractivity contribution < 1.29 is 4.79 Å². The summed E-state index contributed by atoms with van der Waals surface area (Å²) in [5, 5.41) is 3.47. The second-order valence-corrected chi connectivity index (χ2v) is 7.70. The predicted molar refractivity (Wildman–Crippen MR) is 102 cm³/mol. The highest BCUT2D eigenvalue weighted by Gasteiger charge is 2.20. The highest BCUT2D eigenvalue weighted by atomic mass is 32.1. The SMILES string of the molecule is CC1CCc2sc(C(=O)NNC(=S)NCc3ccccc3)cc2C1. The van der Waals surface area contributed by atoms with E-state index in [1.807, 2.05) is 36.4 Å². The van der Waals surface area contributed by atoms with Gasteiger partial charge in [0.05, 0.1) is 4.88 Å². The number of thiophene rings is 1. The summed E-state index contributed by atoms with van der Waals surface area (Å²) in [6, 6.07) is 12.0. The normalized spacial score (nSPS) is 16.1. The van der Waals surface area contributed by atoms with Crippen LogP contribution in [0.25, 0.3) is 0 Å². The van der Waals surface area contributed by atoms with Gasteiger partial charge in [-0.3, -0.25) is 15.6 Å². The minimum Gasteiger partial charge on any atom is -0.357 e. The Bertz CT molecular complexity index is 727. The molecular weight excluding hydrogens is 338 g/mol. The molecule has 0 aliphatic heterocycles. The zero-order chi connectivity index (χ0) is 16.9. The summed E-state index contributed by atoms with van der Waals surface area (Å²) in [4.78, 5) is 14.4. The fourth-order valence-electron chi connectivity index (χ4n) is 2.82. The summed E-state index contributed by atoms with van der Waals surface area (Å²) in [5.41, 5.74) is 7.90. The molecule has 2 aromatic rings. The minimum atomic E-state index is -0.133. The van der Waals surface area contributed by atoms with Crippen LogP contribution in [-0.4, -0.2) is 11.0 Å². The van der Waals surface area contributed by atoms with E-state index in [1.54, 1.807) is 11.3 Å². The van der Waals surface area contributed by atoms with Crippen molar-refractivity contribution in [3.05, 3.63) is 57.3 Å². The third-order valence-electron chi connectivity index (χ3n) is 4.14. The van der Waals surface area contributed by atoms with Gasteiger partial charge in [-0.05, 0) is 54.6 Å². The lowest BCUT2D eigenvalue weighted by Gasteiger charge is -2.16. The molecule has 0 saturated carbocycles. The number of carbonyl (C=O) groups excluding carboxylic acids is 1. The number of hydrazine groups is 1.